The van der Waals surface area contributed by atoms with Gasteiger partial charge in [-0.2, -0.15) is 0 Å². The molecule has 0 spiro atoms. The van der Waals surface area contributed by atoms with E-state index in [0.717, 1.165) is 31.0 Å². The molecule has 1 unspecified atom stereocenters. The maximum absolute atomic E-state index is 6.10. The predicted molar refractivity (Wildman–Crippen MR) is 97.5 cm³/mol. The van der Waals surface area contributed by atoms with Crippen molar-refractivity contribution in [3.63, 3.8) is 0 Å². The minimum absolute atomic E-state index is 0.598. The van der Waals surface area contributed by atoms with Crippen molar-refractivity contribution in [2.75, 3.05) is 13.1 Å². The molecule has 0 radical (unpaired) electrons. The summed E-state index contributed by atoms with van der Waals surface area (Å²) in [5.41, 5.74) is 1.32. The Hall–Kier alpha value is -0.350. The van der Waals surface area contributed by atoms with Gasteiger partial charge < -0.3 is 5.32 Å². The molecule has 1 aromatic heterocycles. The molecule has 1 N–H and O–H groups in total. The molecule has 0 aliphatic heterocycles. The minimum atomic E-state index is 0.598. The summed E-state index contributed by atoms with van der Waals surface area (Å²) in [4.78, 5) is 1.44. The molecular formula is C17H21BrClNS. The first kappa shape index (κ1) is 17.0. The normalized spacial score (nSPS) is 12.5. The van der Waals surface area contributed by atoms with Gasteiger partial charge in [0.1, 0.15) is 0 Å². The molecule has 0 fully saturated rings. The lowest BCUT2D eigenvalue weighted by atomic mass is 9.95. The van der Waals surface area contributed by atoms with Crippen LogP contribution in [0.25, 0.3) is 0 Å². The Morgan fingerprint density at radius 3 is 2.81 bits per heavy atom. The van der Waals surface area contributed by atoms with Gasteiger partial charge in [-0.25, -0.2) is 0 Å². The molecule has 0 saturated heterocycles. The zero-order chi connectivity index (χ0) is 15.1. The van der Waals surface area contributed by atoms with E-state index in [9.17, 15) is 0 Å². The van der Waals surface area contributed by atoms with Crippen LogP contribution >= 0.6 is 38.9 Å². The van der Waals surface area contributed by atoms with Gasteiger partial charge in [0, 0.05) is 19.8 Å². The topological polar surface area (TPSA) is 12.0 Å². The number of rotatable bonds is 8. The first-order chi connectivity index (χ1) is 10.2. The quantitative estimate of drug-likeness (QED) is 0.585. The van der Waals surface area contributed by atoms with Crippen molar-refractivity contribution >= 4 is 38.9 Å². The lowest BCUT2D eigenvalue weighted by molar-refractivity contribution is 0.473. The Balaban J connectivity index is 2.00. The number of thiophene rings is 1. The summed E-state index contributed by atoms with van der Waals surface area (Å²) in [7, 11) is 0. The smallest absolute Gasteiger partial charge is 0.0408 e. The fraction of sp³-hybridized carbons (Fsp3) is 0.412. The van der Waals surface area contributed by atoms with E-state index >= 15 is 0 Å². The Labute approximate surface area is 144 Å². The van der Waals surface area contributed by atoms with E-state index in [4.69, 9.17) is 11.6 Å². The third-order valence-corrected chi connectivity index (χ3v) is 5.34. The van der Waals surface area contributed by atoms with Crippen LogP contribution in [0.4, 0.5) is 0 Å². The number of halogens is 2. The van der Waals surface area contributed by atoms with Gasteiger partial charge in [-0.1, -0.05) is 30.7 Å². The first-order valence-electron chi connectivity index (χ1n) is 7.35. The first-order valence-corrected chi connectivity index (χ1v) is 9.40. The van der Waals surface area contributed by atoms with Crippen LogP contribution in [-0.2, 0) is 12.8 Å². The maximum atomic E-state index is 6.10. The van der Waals surface area contributed by atoms with Gasteiger partial charge in [-0.3, -0.25) is 0 Å². The Bertz CT molecular complexity index is 555. The van der Waals surface area contributed by atoms with E-state index in [-0.39, 0.29) is 0 Å². The summed E-state index contributed by atoms with van der Waals surface area (Å²) in [5.74, 6) is 0.598. The molecule has 2 aromatic rings. The van der Waals surface area contributed by atoms with Crippen molar-refractivity contribution in [2.24, 2.45) is 5.92 Å². The van der Waals surface area contributed by atoms with Gasteiger partial charge in [0.15, 0.2) is 0 Å². The van der Waals surface area contributed by atoms with Crippen LogP contribution in [0.2, 0.25) is 5.02 Å². The molecule has 0 aliphatic rings. The molecule has 1 heterocycles. The zero-order valence-electron chi connectivity index (χ0n) is 12.2. The highest BCUT2D eigenvalue weighted by Gasteiger charge is 2.12. The second-order valence-corrected chi connectivity index (χ2v) is 7.69. The lowest BCUT2D eigenvalue weighted by Gasteiger charge is -2.17. The zero-order valence-corrected chi connectivity index (χ0v) is 15.4. The molecule has 1 aromatic carbocycles. The number of hydrogen-bond acceptors (Lipinski definition) is 2. The molecule has 0 saturated carbocycles. The van der Waals surface area contributed by atoms with E-state index in [0.29, 0.717) is 5.92 Å². The highest BCUT2D eigenvalue weighted by Crippen LogP contribution is 2.24. The summed E-state index contributed by atoms with van der Waals surface area (Å²) in [6.07, 6.45) is 3.35. The molecule has 21 heavy (non-hydrogen) atoms. The SMILES string of the molecule is CCCNCC(Cc1cccc(Cl)c1)Cc1cc(Br)cs1. The molecule has 1 atom stereocenters. The second-order valence-electron chi connectivity index (χ2n) is 5.34. The minimum Gasteiger partial charge on any atom is -0.316 e. The third-order valence-electron chi connectivity index (χ3n) is 3.38. The Morgan fingerprint density at radius 2 is 2.14 bits per heavy atom. The number of nitrogens with one attached hydrogen (secondary N) is 1. The van der Waals surface area contributed by atoms with Gasteiger partial charge in [-0.05, 0) is 78.0 Å². The average Bonchev–Trinajstić information content (AvgIpc) is 2.84. The summed E-state index contributed by atoms with van der Waals surface area (Å²) in [6, 6.07) is 10.5. The summed E-state index contributed by atoms with van der Waals surface area (Å²) in [6.45, 7) is 4.34. The van der Waals surface area contributed by atoms with Gasteiger partial charge >= 0.3 is 0 Å². The Kier molecular flexibility index (Phi) is 7.24. The van der Waals surface area contributed by atoms with E-state index in [1.54, 1.807) is 0 Å². The molecule has 0 bridgehead atoms. The summed E-state index contributed by atoms with van der Waals surface area (Å²) in [5, 5.41) is 6.54. The monoisotopic (exact) mass is 385 g/mol. The van der Waals surface area contributed by atoms with E-state index < -0.39 is 0 Å². The van der Waals surface area contributed by atoms with Crippen molar-refractivity contribution in [1.82, 2.24) is 5.32 Å². The fourth-order valence-corrected chi connectivity index (χ4v) is 4.22. The van der Waals surface area contributed by atoms with Crippen molar-refractivity contribution in [2.45, 2.75) is 26.2 Å². The highest BCUT2D eigenvalue weighted by atomic mass is 79.9. The van der Waals surface area contributed by atoms with E-state index in [1.807, 2.05) is 23.5 Å². The van der Waals surface area contributed by atoms with Crippen LogP contribution in [0.1, 0.15) is 23.8 Å². The van der Waals surface area contributed by atoms with Crippen molar-refractivity contribution in [1.29, 1.82) is 0 Å². The van der Waals surface area contributed by atoms with Crippen molar-refractivity contribution in [3.8, 4) is 0 Å². The van der Waals surface area contributed by atoms with Crippen LogP contribution in [0, 0.1) is 5.92 Å². The fourth-order valence-electron chi connectivity index (χ4n) is 2.44. The van der Waals surface area contributed by atoms with Crippen molar-refractivity contribution < 1.29 is 0 Å². The van der Waals surface area contributed by atoms with Crippen LogP contribution in [0.3, 0.4) is 0 Å². The largest absolute Gasteiger partial charge is 0.316 e. The number of hydrogen-bond donors (Lipinski definition) is 1. The van der Waals surface area contributed by atoms with E-state index in [1.165, 1.54) is 21.3 Å². The number of benzene rings is 1. The Morgan fingerprint density at radius 1 is 1.29 bits per heavy atom. The molecule has 0 amide bonds. The molecule has 114 valence electrons. The standard InChI is InChI=1S/C17H21BrClNS/c1-2-6-20-11-14(9-17-10-15(18)12-21-17)7-13-4-3-5-16(19)8-13/h3-5,8,10,12,14,20H,2,6-7,9,11H2,1H3. The van der Waals surface area contributed by atoms with Crippen LogP contribution in [0.15, 0.2) is 40.2 Å². The van der Waals surface area contributed by atoms with Crippen LogP contribution in [-0.4, -0.2) is 13.1 Å². The highest BCUT2D eigenvalue weighted by molar-refractivity contribution is 9.10. The van der Waals surface area contributed by atoms with Crippen LogP contribution in [0.5, 0.6) is 0 Å². The lowest BCUT2D eigenvalue weighted by Crippen LogP contribution is -2.26. The van der Waals surface area contributed by atoms with Gasteiger partial charge in [0.25, 0.3) is 0 Å². The summed E-state index contributed by atoms with van der Waals surface area (Å²) >= 11 is 11.5. The molecule has 1 nitrogen and oxygen atoms in total. The maximum Gasteiger partial charge on any atom is 0.0408 e. The average molecular weight is 387 g/mol. The van der Waals surface area contributed by atoms with E-state index in [2.05, 4.69) is 51.7 Å². The predicted octanol–water partition coefficient (Wildman–Crippen LogP) is 5.57. The summed E-state index contributed by atoms with van der Waals surface area (Å²) < 4.78 is 1.19. The van der Waals surface area contributed by atoms with Crippen molar-refractivity contribution in [3.05, 3.63) is 55.6 Å². The van der Waals surface area contributed by atoms with Crippen LogP contribution < -0.4 is 5.32 Å². The molecular weight excluding hydrogens is 366 g/mol. The van der Waals surface area contributed by atoms with Gasteiger partial charge in [0.2, 0.25) is 0 Å². The molecule has 0 aliphatic carbocycles. The second kappa shape index (κ2) is 8.94. The van der Waals surface area contributed by atoms with Gasteiger partial charge in [-0.15, -0.1) is 11.3 Å². The molecule has 4 heteroatoms. The molecule has 2 rings (SSSR count). The van der Waals surface area contributed by atoms with Gasteiger partial charge in [0.05, 0.1) is 0 Å². The third kappa shape index (κ3) is 6.11.